The van der Waals surface area contributed by atoms with Crippen LogP contribution in [-0.4, -0.2) is 23.4 Å². The van der Waals surface area contributed by atoms with Crippen molar-refractivity contribution in [3.8, 4) is 17.0 Å². The van der Waals surface area contributed by atoms with Crippen LogP contribution in [0.5, 0.6) is 5.75 Å². The first-order valence-electron chi connectivity index (χ1n) is 9.49. The van der Waals surface area contributed by atoms with Crippen LogP contribution in [0.25, 0.3) is 11.3 Å². The molecule has 0 saturated carbocycles. The number of furan rings is 1. The van der Waals surface area contributed by atoms with E-state index in [-0.39, 0.29) is 18.3 Å². The number of carbonyl (C=O) groups is 2. The minimum absolute atomic E-state index is 0.155. The maximum Gasteiger partial charge on any atom is 0.292 e. The summed E-state index contributed by atoms with van der Waals surface area (Å²) in [5.41, 5.74) is 2.48. The van der Waals surface area contributed by atoms with Crippen LogP contribution in [0.2, 0.25) is 0 Å². The largest absolute Gasteiger partial charge is 0.484 e. The van der Waals surface area contributed by atoms with Gasteiger partial charge in [0.2, 0.25) is 0 Å². The molecule has 0 saturated heterocycles. The first-order chi connectivity index (χ1) is 15.1. The summed E-state index contributed by atoms with van der Waals surface area (Å²) in [6.07, 6.45) is 1.43. The highest BCUT2D eigenvalue weighted by Gasteiger charge is 2.19. The molecule has 156 valence electrons. The van der Waals surface area contributed by atoms with Crippen LogP contribution >= 0.6 is 11.3 Å². The fourth-order valence-corrected chi connectivity index (χ4v) is 3.66. The fourth-order valence-electron chi connectivity index (χ4n) is 2.76. The Morgan fingerprint density at radius 2 is 1.77 bits per heavy atom. The van der Waals surface area contributed by atoms with E-state index >= 15 is 0 Å². The van der Waals surface area contributed by atoms with E-state index < -0.39 is 5.91 Å². The van der Waals surface area contributed by atoms with Crippen molar-refractivity contribution >= 4 is 33.3 Å². The maximum absolute atomic E-state index is 12.5. The SMILES string of the molecule is Cc1ccc(-c2nc(NC(=O)COc3ccccc3)sc2NC(=O)c2ccco2)cc1. The zero-order valence-electron chi connectivity index (χ0n) is 16.6. The molecule has 2 heterocycles. The van der Waals surface area contributed by atoms with Gasteiger partial charge in [0.05, 0.1) is 6.26 Å². The number of benzene rings is 2. The van der Waals surface area contributed by atoms with Gasteiger partial charge in [-0.3, -0.25) is 14.9 Å². The number of hydrogen-bond donors (Lipinski definition) is 2. The van der Waals surface area contributed by atoms with Crippen LogP contribution in [0.15, 0.2) is 77.4 Å². The average Bonchev–Trinajstić information content (AvgIpc) is 3.44. The molecule has 2 aromatic heterocycles. The van der Waals surface area contributed by atoms with Gasteiger partial charge in [-0.1, -0.05) is 59.4 Å². The standard InChI is InChI=1S/C23H19N3O4S/c1-15-9-11-16(12-10-15)20-22(26-21(28)18-8-5-13-29-18)31-23(25-20)24-19(27)14-30-17-6-3-2-4-7-17/h2-13H,14H2,1H3,(H,26,28)(H,24,25,27). The van der Waals surface area contributed by atoms with Gasteiger partial charge in [-0.2, -0.15) is 0 Å². The molecule has 0 spiro atoms. The van der Waals surface area contributed by atoms with E-state index in [0.29, 0.717) is 21.6 Å². The predicted molar refractivity (Wildman–Crippen MR) is 120 cm³/mol. The molecular weight excluding hydrogens is 414 g/mol. The molecule has 0 radical (unpaired) electrons. The molecule has 4 rings (SSSR count). The highest BCUT2D eigenvalue weighted by molar-refractivity contribution is 7.20. The Hall–Kier alpha value is -3.91. The summed E-state index contributed by atoms with van der Waals surface area (Å²) >= 11 is 1.16. The third-order valence-corrected chi connectivity index (χ3v) is 5.17. The second kappa shape index (κ2) is 9.27. The van der Waals surface area contributed by atoms with Gasteiger partial charge in [0.1, 0.15) is 16.4 Å². The Morgan fingerprint density at radius 3 is 2.48 bits per heavy atom. The minimum Gasteiger partial charge on any atom is -0.484 e. The van der Waals surface area contributed by atoms with Gasteiger partial charge in [0, 0.05) is 5.56 Å². The number of carbonyl (C=O) groups excluding carboxylic acids is 2. The van der Waals surface area contributed by atoms with E-state index in [1.165, 1.54) is 6.26 Å². The van der Waals surface area contributed by atoms with Gasteiger partial charge >= 0.3 is 0 Å². The van der Waals surface area contributed by atoms with E-state index in [1.54, 1.807) is 24.3 Å². The zero-order valence-corrected chi connectivity index (χ0v) is 17.4. The summed E-state index contributed by atoms with van der Waals surface area (Å²) in [4.78, 5) is 29.3. The molecule has 0 atom stereocenters. The van der Waals surface area contributed by atoms with Gasteiger partial charge < -0.3 is 14.5 Å². The molecule has 0 aliphatic heterocycles. The molecule has 0 bridgehead atoms. The lowest BCUT2D eigenvalue weighted by atomic mass is 10.1. The Kier molecular flexibility index (Phi) is 6.09. The molecule has 2 amide bonds. The van der Waals surface area contributed by atoms with Crippen molar-refractivity contribution in [2.45, 2.75) is 6.92 Å². The highest BCUT2D eigenvalue weighted by Crippen LogP contribution is 2.36. The monoisotopic (exact) mass is 433 g/mol. The van der Waals surface area contributed by atoms with E-state index in [1.807, 2.05) is 49.4 Å². The van der Waals surface area contributed by atoms with E-state index in [4.69, 9.17) is 9.15 Å². The number of hydrogen-bond acceptors (Lipinski definition) is 6. The topological polar surface area (TPSA) is 93.5 Å². The van der Waals surface area contributed by atoms with Gasteiger partial charge in [-0.05, 0) is 31.2 Å². The summed E-state index contributed by atoms with van der Waals surface area (Å²) in [5, 5.41) is 6.41. The van der Waals surface area contributed by atoms with Crippen LogP contribution in [-0.2, 0) is 4.79 Å². The number of rotatable bonds is 7. The molecule has 2 N–H and O–H groups in total. The Labute approximate surface area is 182 Å². The van der Waals surface area contributed by atoms with Gasteiger partial charge in [0.15, 0.2) is 17.5 Å². The van der Waals surface area contributed by atoms with Gasteiger partial charge in [-0.25, -0.2) is 4.98 Å². The van der Waals surface area contributed by atoms with E-state index in [0.717, 1.165) is 22.5 Å². The van der Waals surface area contributed by atoms with Crippen molar-refractivity contribution in [1.29, 1.82) is 0 Å². The van der Waals surface area contributed by atoms with Gasteiger partial charge in [0.25, 0.3) is 11.8 Å². The third-order valence-electron chi connectivity index (χ3n) is 4.28. The number of ether oxygens (including phenoxy) is 1. The lowest BCUT2D eigenvalue weighted by Gasteiger charge is -2.05. The number of aromatic nitrogens is 1. The van der Waals surface area contributed by atoms with E-state index in [9.17, 15) is 9.59 Å². The maximum atomic E-state index is 12.5. The summed E-state index contributed by atoms with van der Waals surface area (Å²) in [5.74, 6) is 0.0397. The van der Waals surface area contributed by atoms with Crippen LogP contribution < -0.4 is 15.4 Å². The average molecular weight is 433 g/mol. The van der Waals surface area contributed by atoms with Crippen LogP contribution in [0.1, 0.15) is 16.1 Å². The summed E-state index contributed by atoms with van der Waals surface area (Å²) < 4.78 is 10.6. The van der Waals surface area contributed by atoms with Crippen LogP contribution in [0, 0.1) is 6.92 Å². The number of para-hydroxylation sites is 1. The molecule has 2 aromatic carbocycles. The number of nitrogens with one attached hydrogen (secondary N) is 2. The van der Waals surface area contributed by atoms with Crippen molar-refractivity contribution in [3.63, 3.8) is 0 Å². The lowest BCUT2D eigenvalue weighted by Crippen LogP contribution is -2.20. The van der Waals surface area contributed by atoms with Gasteiger partial charge in [-0.15, -0.1) is 0 Å². The number of amides is 2. The number of nitrogens with zero attached hydrogens (tertiary/aromatic N) is 1. The van der Waals surface area contributed by atoms with Crippen molar-refractivity contribution < 1.29 is 18.7 Å². The lowest BCUT2D eigenvalue weighted by molar-refractivity contribution is -0.118. The molecule has 31 heavy (non-hydrogen) atoms. The number of aryl methyl sites for hydroxylation is 1. The van der Waals surface area contributed by atoms with Crippen molar-refractivity contribution in [3.05, 3.63) is 84.3 Å². The molecular formula is C23H19N3O4S. The van der Waals surface area contributed by atoms with E-state index in [2.05, 4.69) is 15.6 Å². The first-order valence-corrected chi connectivity index (χ1v) is 10.3. The Balaban J connectivity index is 1.53. The molecule has 0 aliphatic carbocycles. The second-order valence-corrected chi connectivity index (χ2v) is 7.64. The smallest absolute Gasteiger partial charge is 0.292 e. The minimum atomic E-state index is -0.396. The second-order valence-electron chi connectivity index (χ2n) is 6.64. The number of anilines is 2. The summed E-state index contributed by atoms with van der Waals surface area (Å²) in [7, 11) is 0. The molecule has 0 unspecified atom stereocenters. The van der Waals surface area contributed by atoms with Crippen molar-refractivity contribution in [2.24, 2.45) is 0 Å². The zero-order chi connectivity index (χ0) is 21.6. The first kappa shape index (κ1) is 20.4. The van der Waals surface area contributed by atoms with Crippen LogP contribution in [0.3, 0.4) is 0 Å². The Morgan fingerprint density at radius 1 is 1.00 bits per heavy atom. The Bertz CT molecular complexity index is 1170. The predicted octanol–water partition coefficient (Wildman–Crippen LogP) is 4.98. The fraction of sp³-hybridized carbons (Fsp3) is 0.0870. The molecule has 7 nitrogen and oxygen atoms in total. The van der Waals surface area contributed by atoms with Crippen molar-refractivity contribution in [2.75, 3.05) is 17.2 Å². The molecule has 0 fully saturated rings. The molecule has 8 heteroatoms. The quantitative estimate of drug-likeness (QED) is 0.429. The summed E-state index contributed by atoms with van der Waals surface area (Å²) in [6, 6.07) is 20.0. The summed E-state index contributed by atoms with van der Waals surface area (Å²) in [6.45, 7) is 1.83. The normalized spacial score (nSPS) is 10.5. The van der Waals surface area contributed by atoms with Crippen LogP contribution in [0.4, 0.5) is 10.1 Å². The number of thiazole rings is 1. The third kappa shape index (κ3) is 5.18. The highest BCUT2D eigenvalue weighted by atomic mass is 32.1. The van der Waals surface area contributed by atoms with Crippen molar-refractivity contribution in [1.82, 2.24) is 4.98 Å². The molecule has 0 aliphatic rings. The molecule has 4 aromatic rings.